The number of thioether (sulfide) groups is 1. The van der Waals surface area contributed by atoms with E-state index in [1.54, 1.807) is 54.6 Å². The maximum atomic E-state index is 12.8. The summed E-state index contributed by atoms with van der Waals surface area (Å²) in [7, 11) is 5.86. The standard InChI is InChI=1S/C27H28O8S/c1-6-7-8-9-26(30)36-17-25(29)35-22-14-18(11-13-21(22)31-2)10-12-20(28)19-15-23(32-3)27(34-5)24(16-19)33-4/h6-16H,17H2,1-5H3/b7-6+,9-8+,12-10+. The van der Waals surface area contributed by atoms with Crippen LogP contribution in [0.2, 0.25) is 0 Å². The van der Waals surface area contributed by atoms with Crippen LogP contribution in [0.1, 0.15) is 22.8 Å². The summed E-state index contributed by atoms with van der Waals surface area (Å²) in [4.78, 5) is 36.8. The van der Waals surface area contributed by atoms with E-state index in [0.29, 0.717) is 34.1 Å². The van der Waals surface area contributed by atoms with Crippen molar-refractivity contribution < 1.29 is 38.1 Å². The van der Waals surface area contributed by atoms with Gasteiger partial charge < -0.3 is 23.7 Å². The number of allylic oxidation sites excluding steroid dienone is 4. The largest absolute Gasteiger partial charge is 0.493 e. The fourth-order valence-corrected chi connectivity index (χ4v) is 3.44. The Balaban J connectivity index is 2.16. The molecule has 2 aromatic rings. The molecule has 0 saturated heterocycles. The Bertz CT molecular complexity index is 1160. The molecule has 0 radical (unpaired) electrons. The van der Waals surface area contributed by atoms with Gasteiger partial charge in [-0.25, -0.2) is 0 Å². The van der Waals surface area contributed by atoms with Crippen molar-refractivity contribution in [3.05, 3.63) is 71.8 Å². The molecule has 8 nitrogen and oxygen atoms in total. The van der Waals surface area contributed by atoms with E-state index in [-0.39, 0.29) is 22.4 Å². The summed E-state index contributed by atoms with van der Waals surface area (Å²) in [5.41, 5.74) is 0.934. The molecular formula is C27H28O8S. The lowest BCUT2D eigenvalue weighted by Gasteiger charge is -2.13. The monoisotopic (exact) mass is 512 g/mol. The molecule has 0 saturated carbocycles. The molecule has 0 N–H and O–H groups in total. The van der Waals surface area contributed by atoms with Gasteiger partial charge in [0, 0.05) is 5.56 Å². The average Bonchev–Trinajstić information content (AvgIpc) is 2.89. The van der Waals surface area contributed by atoms with Crippen molar-refractivity contribution in [3.8, 4) is 28.7 Å². The third kappa shape index (κ3) is 8.06. The smallest absolute Gasteiger partial charge is 0.321 e. The SMILES string of the molecule is C/C=C/C=C/C(=O)SCC(=O)Oc1cc(/C=C/C(=O)c2cc(OC)c(OC)c(OC)c2)ccc1OC. The van der Waals surface area contributed by atoms with E-state index >= 15 is 0 Å². The number of carbonyl (C=O) groups is 3. The summed E-state index contributed by atoms with van der Waals surface area (Å²) in [6.07, 6.45) is 9.42. The molecular weight excluding hydrogens is 484 g/mol. The number of hydrogen-bond acceptors (Lipinski definition) is 9. The van der Waals surface area contributed by atoms with Crippen LogP contribution in [0.15, 0.2) is 60.7 Å². The third-order valence-electron chi connectivity index (χ3n) is 4.66. The van der Waals surface area contributed by atoms with E-state index in [4.69, 9.17) is 23.7 Å². The van der Waals surface area contributed by atoms with Crippen LogP contribution in [-0.4, -0.2) is 51.1 Å². The number of methoxy groups -OCH3 is 4. The highest BCUT2D eigenvalue weighted by Crippen LogP contribution is 2.38. The molecule has 0 spiro atoms. The number of benzene rings is 2. The van der Waals surface area contributed by atoms with Crippen LogP contribution in [0.3, 0.4) is 0 Å². The first-order valence-corrected chi connectivity index (χ1v) is 11.7. The van der Waals surface area contributed by atoms with E-state index in [1.807, 2.05) is 6.92 Å². The molecule has 190 valence electrons. The fourth-order valence-electron chi connectivity index (χ4n) is 2.94. The number of esters is 1. The number of ketones is 1. The van der Waals surface area contributed by atoms with Crippen LogP contribution in [0.25, 0.3) is 6.08 Å². The van der Waals surface area contributed by atoms with Gasteiger partial charge in [0.25, 0.3) is 0 Å². The van der Waals surface area contributed by atoms with Crippen molar-refractivity contribution in [1.29, 1.82) is 0 Å². The van der Waals surface area contributed by atoms with E-state index in [0.717, 1.165) is 11.8 Å². The molecule has 2 aromatic carbocycles. The van der Waals surface area contributed by atoms with Crippen molar-refractivity contribution >= 4 is 34.7 Å². The fraction of sp³-hybridized carbons (Fsp3) is 0.222. The Labute approximate surface area is 214 Å². The maximum Gasteiger partial charge on any atom is 0.321 e. The number of carbonyl (C=O) groups excluding carboxylic acids is 3. The highest BCUT2D eigenvalue weighted by atomic mass is 32.2. The van der Waals surface area contributed by atoms with E-state index < -0.39 is 5.97 Å². The Hall–Kier alpha value is -3.98. The Morgan fingerprint density at radius 2 is 1.47 bits per heavy atom. The van der Waals surface area contributed by atoms with Gasteiger partial charge in [-0.05, 0) is 48.9 Å². The quantitative estimate of drug-likeness (QED) is 0.129. The minimum absolute atomic E-state index is 0.165. The Morgan fingerprint density at radius 1 is 0.806 bits per heavy atom. The summed E-state index contributed by atoms with van der Waals surface area (Å²) < 4.78 is 26.5. The van der Waals surface area contributed by atoms with Gasteiger partial charge in [0.05, 0.1) is 34.2 Å². The van der Waals surface area contributed by atoms with Crippen molar-refractivity contribution in [2.45, 2.75) is 6.92 Å². The van der Waals surface area contributed by atoms with E-state index in [1.165, 1.54) is 40.6 Å². The van der Waals surface area contributed by atoms with Crippen LogP contribution in [-0.2, 0) is 9.59 Å². The van der Waals surface area contributed by atoms with Gasteiger partial charge in [-0.2, -0.15) is 0 Å². The third-order valence-corrected chi connectivity index (χ3v) is 5.46. The first-order chi connectivity index (χ1) is 17.4. The molecule has 0 amide bonds. The normalized spacial score (nSPS) is 11.1. The predicted octanol–water partition coefficient (Wildman–Crippen LogP) is 4.91. The molecule has 0 heterocycles. The van der Waals surface area contributed by atoms with Gasteiger partial charge in [-0.1, -0.05) is 42.1 Å². The minimum Gasteiger partial charge on any atom is -0.493 e. The number of hydrogen-bond donors (Lipinski definition) is 0. The molecule has 0 aliphatic carbocycles. The lowest BCUT2D eigenvalue weighted by atomic mass is 10.1. The van der Waals surface area contributed by atoms with Crippen LogP contribution in [0.5, 0.6) is 28.7 Å². The zero-order valence-corrected chi connectivity index (χ0v) is 21.5. The molecule has 0 atom stereocenters. The zero-order chi connectivity index (χ0) is 26.5. The van der Waals surface area contributed by atoms with Crippen molar-refractivity contribution in [1.82, 2.24) is 0 Å². The zero-order valence-electron chi connectivity index (χ0n) is 20.7. The van der Waals surface area contributed by atoms with Gasteiger partial charge in [0.15, 0.2) is 28.8 Å². The van der Waals surface area contributed by atoms with Crippen LogP contribution >= 0.6 is 11.8 Å². The highest BCUT2D eigenvalue weighted by molar-refractivity contribution is 8.14. The van der Waals surface area contributed by atoms with Crippen LogP contribution < -0.4 is 23.7 Å². The molecule has 0 aliphatic rings. The first-order valence-electron chi connectivity index (χ1n) is 10.7. The summed E-state index contributed by atoms with van der Waals surface area (Å²) >= 11 is 0.829. The Morgan fingerprint density at radius 3 is 2.06 bits per heavy atom. The summed E-state index contributed by atoms with van der Waals surface area (Å²) in [5.74, 6) is 0.535. The molecule has 0 aromatic heterocycles. The van der Waals surface area contributed by atoms with Crippen LogP contribution in [0, 0.1) is 0 Å². The van der Waals surface area contributed by atoms with Crippen molar-refractivity contribution in [2.75, 3.05) is 34.2 Å². The molecule has 0 unspecified atom stereocenters. The topological polar surface area (TPSA) is 97.4 Å². The van der Waals surface area contributed by atoms with Crippen molar-refractivity contribution in [3.63, 3.8) is 0 Å². The number of rotatable bonds is 12. The van der Waals surface area contributed by atoms with E-state index in [2.05, 4.69) is 0 Å². The number of ether oxygens (including phenoxy) is 5. The second kappa shape index (κ2) is 14.4. The van der Waals surface area contributed by atoms with Gasteiger partial charge in [0.1, 0.15) is 0 Å². The minimum atomic E-state index is -0.610. The molecule has 36 heavy (non-hydrogen) atoms. The lowest BCUT2D eigenvalue weighted by molar-refractivity contribution is -0.131. The Kier molecular flexibility index (Phi) is 11.3. The van der Waals surface area contributed by atoms with Gasteiger partial charge in [-0.15, -0.1) is 0 Å². The summed E-state index contributed by atoms with van der Waals surface area (Å²) in [6, 6.07) is 8.00. The molecule has 9 heteroatoms. The average molecular weight is 513 g/mol. The summed E-state index contributed by atoms with van der Waals surface area (Å²) in [5, 5.41) is -0.265. The molecule has 2 rings (SSSR count). The first kappa shape index (κ1) is 28.3. The molecule has 0 bridgehead atoms. The van der Waals surface area contributed by atoms with Gasteiger partial charge in [0.2, 0.25) is 10.9 Å². The second-order valence-electron chi connectivity index (χ2n) is 6.99. The predicted molar refractivity (Wildman–Crippen MR) is 140 cm³/mol. The van der Waals surface area contributed by atoms with Gasteiger partial charge in [-0.3, -0.25) is 14.4 Å². The van der Waals surface area contributed by atoms with Crippen molar-refractivity contribution in [2.24, 2.45) is 0 Å². The van der Waals surface area contributed by atoms with E-state index in [9.17, 15) is 14.4 Å². The molecule has 0 aliphatic heterocycles. The molecule has 0 fully saturated rings. The lowest BCUT2D eigenvalue weighted by Crippen LogP contribution is -2.12. The second-order valence-corrected chi connectivity index (χ2v) is 7.97. The maximum absolute atomic E-state index is 12.8. The highest BCUT2D eigenvalue weighted by Gasteiger charge is 2.16. The summed E-state index contributed by atoms with van der Waals surface area (Å²) in [6.45, 7) is 1.83. The van der Waals surface area contributed by atoms with Crippen LogP contribution in [0.4, 0.5) is 0 Å². The van der Waals surface area contributed by atoms with Gasteiger partial charge >= 0.3 is 5.97 Å².